The van der Waals surface area contributed by atoms with Crippen LogP contribution in [-0.4, -0.2) is 30.1 Å². The third kappa shape index (κ3) is 5.52. The smallest absolute Gasteiger partial charge is 0.366 e. The minimum absolute atomic E-state index is 0.0460. The summed E-state index contributed by atoms with van der Waals surface area (Å²) >= 11 is 5.33. The van der Waals surface area contributed by atoms with Gasteiger partial charge in [0.25, 0.3) is 11.8 Å². The first-order chi connectivity index (χ1) is 18.7. The lowest BCUT2D eigenvalue weighted by Crippen LogP contribution is -2.59. The molecule has 0 aromatic heterocycles. The van der Waals surface area contributed by atoms with E-state index in [2.05, 4.69) is 31.9 Å². The van der Waals surface area contributed by atoms with Gasteiger partial charge in [0.15, 0.2) is 5.82 Å². The number of nitrogens with two attached hydrogens (primary N) is 1. The Morgan fingerprint density at radius 2 is 1.29 bits per heavy atom. The number of nitrogens with one attached hydrogen (secondary N) is 1. The SMILES string of the molecule is NC(=O)c1ccc(-c2c(Br)cc(C(F)(C(F)(F)F)C(F)(F)C(F)(F)F)cc2Br)c(NC(=O)c2ccccc2F)c1F. The number of alkyl halides is 9. The van der Waals surface area contributed by atoms with Crippen LogP contribution in [0.3, 0.4) is 0 Å². The minimum atomic E-state index is -6.98. The van der Waals surface area contributed by atoms with Gasteiger partial charge in [-0.05, 0) is 30.3 Å². The number of hydrogen-bond acceptors (Lipinski definition) is 2. The van der Waals surface area contributed by atoms with Crippen molar-refractivity contribution in [2.75, 3.05) is 5.32 Å². The van der Waals surface area contributed by atoms with Gasteiger partial charge >= 0.3 is 23.9 Å². The van der Waals surface area contributed by atoms with Gasteiger partial charge in [0.2, 0.25) is 0 Å². The molecule has 3 rings (SSSR count). The van der Waals surface area contributed by atoms with Gasteiger partial charge in [-0.15, -0.1) is 0 Å². The van der Waals surface area contributed by atoms with Crippen molar-refractivity contribution >= 4 is 49.4 Å². The highest BCUT2D eigenvalue weighted by molar-refractivity contribution is 9.11. The molecule has 0 aliphatic carbocycles. The zero-order valence-electron chi connectivity index (χ0n) is 19.4. The highest BCUT2D eigenvalue weighted by atomic mass is 79.9. The van der Waals surface area contributed by atoms with Crippen LogP contribution in [0.25, 0.3) is 11.1 Å². The van der Waals surface area contributed by atoms with E-state index in [-0.39, 0.29) is 12.1 Å². The number of hydrogen-bond donors (Lipinski definition) is 2. The first-order valence-electron chi connectivity index (χ1n) is 10.5. The maximum Gasteiger partial charge on any atom is 0.457 e. The summed E-state index contributed by atoms with van der Waals surface area (Å²) in [7, 11) is 0. The van der Waals surface area contributed by atoms with E-state index in [1.165, 1.54) is 12.1 Å². The summed E-state index contributed by atoms with van der Waals surface area (Å²) in [6.07, 6.45) is -13.8. The fourth-order valence-electron chi connectivity index (χ4n) is 3.67. The maximum absolute atomic E-state index is 15.3. The topological polar surface area (TPSA) is 72.2 Å². The van der Waals surface area contributed by atoms with Crippen molar-refractivity contribution in [3.05, 3.63) is 85.8 Å². The van der Waals surface area contributed by atoms with Crippen LogP contribution in [-0.2, 0) is 5.67 Å². The van der Waals surface area contributed by atoms with E-state index in [0.29, 0.717) is 0 Å². The summed E-state index contributed by atoms with van der Waals surface area (Å²) in [5, 5.41) is 1.97. The van der Waals surface area contributed by atoms with E-state index in [0.717, 1.165) is 24.3 Å². The molecule has 0 radical (unpaired) electrons. The predicted octanol–water partition coefficient (Wildman–Crippen LogP) is 8.43. The molecule has 3 aromatic carbocycles. The van der Waals surface area contributed by atoms with Gasteiger partial charge in [-0.1, -0.05) is 50.1 Å². The first-order valence-corrected chi connectivity index (χ1v) is 12.1. The van der Waals surface area contributed by atoms with Gasteiger partial charge in [0, 0.05) is 25.6 Å². The summed E-state index contributed by atoms with van der Waals surface area (Å²) in [6.45, 7) is 0. The largest absolute Gasteiger partial charge is 0.457 e. The molecule has 3 aromatic rings. The Labute approximate surface area is 239 Å². The van der Waals surface area contributed by atoms with E-state index in [1.54, 1.807) is 0 Å². The van der Waals surface area contributed by atoms with Crippen LogP contribution < -0.4 is 11.1 Å². The molecule has 0 aliphatic rings. The first kappa shape index (κ1) is 32.3. The minimum Gasteiger partial charge on any atom is -0.366 e. The summed E-state index contributed by atoms with van der Waals surface area (Å²) in [5.41, 5.74) is -6.79. The highest BCUT2D eigenvalue weighted by Gasteiger charge is 2.81. The zero-order valence-corrected chi connectivity index (χ0v) is 22.6. The van der Waals surface area contributed by atoms with Crippen LogP contribution in [0.2, 0.25) is 0 Å². The van der Waals surface area contributed by atoms with Crippen LogP contribution in [0.4, 0.5) is 54.0 Å². The van der Waals surface area contributed by atoms with Gasteiger partial charge in [0.1, 0.15) is 5.82 Å². The van der Waals surface area contributed by atoms with Crippen molar-refractivity contribution in [1.82, 2.24) is 0 Å². The number of halogens is 13. The molecule has 0 spiro atoms. The van der Waals surface area contributed by atoms with Crippen LogP contribution in [0.1, 0.15) is 26.3 Å². The van der Waals surface area contributed by atoms with E-state index in [9.17, 15) is 49.1 Å². The number of carbonyl (C=O) groups excluding carboxylic acids is 2. The molecule has 1 atom stereocenters. The molecule has 4 nitrogen and oxygen atoms in total. The highest BCUT2D eigenvalue weighted by Crippen LogP contribution is 2.59. The lowest BCUT2D eigenvalue weighted by Gasteiger charge is -2.36. The summed E-state index contributed by atoms with van der Waals surface area (Å²) < 4.78 is 150. The van der Waals surface area contributed by atoms with Crippen LogP contribution in [0.15, 0.2) is 57.5 Å². The summed E-state index contributed by atoms with van der Waals surface area (Å²) in [5.74, 6) is -12.2. The number of benzene rings is 3. The fraction of sp³-hybridized carbons (Fsp3) is 0.167. The monoisotopic (exact) mass is 726 g/mol. The molecule has 1 unspecified atom stereocenters. The summed E-state index contributed by atoms with van der Waals surface area (Å²) in [6, 6.07) is 5.85. The second-order valence-corrected chi connectivity index (χ2v) is 9.90. The summed E-state index contributed by atoms with van der Waals surface area (Å²) in [4.78, 5) is 24.4. The number of rotatable bonds is 6. The molecule has 17 heteroatoms. The third-order valence-corrected chi connectivity index (χ3v) is 6.90. The molecule has 3 N–H and O–H groups in total. The van der Waals surface area contributed by atoms with E-state index >= 15 is 8.78 Å². The molecule has 0 saturated heterocycles. The third-order valence-electron chi connectivity index (χ3n) is 5.65. The average molecular weight is 728 g/mol. The standard InChI is InChI=1S/C24H11Br2F11N2O2/c25-13-7-9(21(29,23(32,33)34)22(30,31)24(35,36)37)8-14(26)16(13)11-5-6-12(19(38)40)17(28)18(11)39-20(41)10-3-1-2-4-15(10)27/h1-8H,(H2,38,40)(H,39,41). The van der Waals surface area contributed by atoms with E-state index in [1.807, 2.05) is 5.32 Å². The predicted molar refractivity (Wildman–Crippen MR) is 130 cm³/mol. The van der Waals surface area contributed by atoms with Gasteiger partial charge in [0.05, 0.1) is 16.8 Å². The van der Waals surface area contributed by atoms with E-state index in [4.69, 9.17) is 5.73 Å². The molecule has 41 heavy (non-hydrogen) atoms. The molecular weight excluding hydrogens is 717 g/mol. The molecule has 0 bridgehead atoms. The van der Waals surface area contributed by atoms with E-state index < -0.39 is 89.8 Å². The Bertz CT molecular complexity index is 1520. The second kappa shape index (κ2) is 10.9. The molecule has 2 amide bonds. The Morgan fingerprint density at radius 1 is 0.756 bits per heavy atom. The van der Waals surface area contributed by atoms with Crippen molar-refractivity contribution in [1.29, 1.82) is 0 Å². The zero-order chi connectivity index (χ0) is 31.3. The molecule has 0 fully saturated rings. The van der Waals surface area contributed by atoms with Gasteiger partial charge in [-0.25, -0.2) is 13.2 Å². The van der Waals surface area contributed by atoms with Crippen molar-refractivity contribution in [3.8, 4) is 11.1 Å². The Kier molecular flexibility index (Phi) is 8.58. The van der Waals surface area contributed by atoms with Crippen LogP contribution in [0.5, 0.6) is 0 Å². The van der Waals surface area contributed by atoms with Gasteiger partial charge in [-0.3, -0.25) is 9.59 Å². The van der Waals surface area contributed by atoms with Crippen molar-refractivity contribution in [2.45, 2.75) is 23.9 Å². The van der Waals surface area contributed by atoms with Gasteiger partial charge in [-0.2, -0.15) is 35.1 Å². The number of primary amides is 1. The molecular formula is C24H11Br2F11N2O2. The lowest BCUT2D eigenvalue weighted by molar-refractivity contribution is -0.389. The molecule has 220 valence electrons. The average Bonchev–Trinajstić information content (AvgIpc) is 2.83. The van der Waals surface area contributed by atoms with Crippen molar-refractivity contribution < 1.29 is 57.9 Å². The Morgan fingerprint density at radius 3 is 1.76 bits per heavy atom. The van der Waals surface area contributed by atoms with Gasteiger partial charge < -0.3 is 11.1 Å². The Balaban J connectivity index is 2.30. The van der Waals surface area contributed by atoms with Crippen molar-refractivity contribution in [3.63, 3.8) is 0 Å². The number of carbonyl (C=O) groups is 2. The number of anilines is 1. The second-order valence-electron chi connectivity index (χ2n) is 8.19. The number of amides is 2. The van der Waals surface area contributed by atoms with Crippen molar-refractivity contribution in [2.24, 2.45) is 5.73 Å². The fourth-order valence-corrected chi connectivity index (χ4v) is 5.28. The Hall–Kier alpha value is -3.21. The van der Waals surface area contributed by atoms with Crippen LogP contribution in [0, 0.1) is 11.6 Å². The van der Waals surface area contributed by atoms with Crippen LogP contribution >= 0.6 is 31.9 Å². The quantitative estimate of drug-likeness (QED) is 0.250. The molecule has 0 aliphatic heterocycles. The normalized spacial score (nSPS) is 14.0. The lowest BCUT2D eigenvalue weighted by atomic mass is 9.86. The molecule has 0 heterocycles. The maximum atomic E-state index is 15.3. The molecule has 0 saturated carbocycles.